The van der Waals surface area contributed by atoms with Crippen molar-refractivity contribution in [3.63, 3.8) is 0 Å². The number of amides is 2. The first-order chi connectivity index (χ1) is 17.6. The van der Waals surface area contributed by atoms with E-state index in [0.29, 0.717) is 22.4 Å². The minimum absolute atomic E-state index is 0.0722. The molecule has 0 spiro atoms. The summed E-state index contributed by atoms with van der Waals surface area (Å²) in [6.07, 6.45) is -5.05. The van der Waals surface area contributed by atoms with Crippen LogP contribution in [0.4, 0.5) is 30.2 Å². The number of carbonyl (C=O) groups excluding carboxylic acids is 2. The average Bonchev–Trinajstić information content (AvgIpc) is 3.25. The Kier molecular flexibility index (Phi) is 7.71. The Morgan fingerprint density at radius 3 is 2.26 bits per heavy atom. The number of nitrogens with zero attached hydrogens (tertiary/aromatic N) is 4. The van der Waals surface area contributed by atoms with Gasteiger partial charge in [-0.15, -0.1) is 0 Å². The van der Waals surface area contributed by atoms with E-state index in [9.17, 15) is 43.0 Å². The largest absolute Gasteiger partial charge is 0.435 e. The summed E-state index contributed by atoms with van der Waals surface area (Å²) in [5.41, 5.74) is -4.51. The molecule has 2 aromatic carbocycles. The SMILES string of the molecule is Cc1cc(Cl)cc(C(=O)NC(C)C)c1NC(=O)c1cc(C(F)(F)F)nn1-c1ccc([N+](=O)[O-])cc1[N+](=O)[O-]. The first-order valence-electron chi connectivity index (χ1n) is 10.6. The zero-order valence-corrected chi connectivity index (χ0v) is 20.5. The number of non-ortho nitro benzene ring substituents is 1. The standard InChI is InChI=1S/C22H18ClF3N6O6/c1-10(2)27-20(33)14-7-12(23)6-11(3)19(14)28-21(34)17-9-18(22(24,25)26)29-30(17)15-5-4-13(31(35)36)8-16(15)32(37)38/h4-10H,1-3H3,(H,27,33)(H,28,34). The number of hydrogen-bond donors (Lipinski definition) is 2. The van der Waals surface area contributed by atoms with E-state index in [1.165, 1.54) is 19.1 Å². The van der Waals surface area contributed by atoms with Crippen LogP contribution in [0.3, 0.4) is 0 Å². The van der Waals surface area contributed by atoms with Crippen LogP contribution in [0.5, 0.6) is 0 Å². The third-order valence-corrected chi connectivity index (χ3v) is 5.25. The maximum absolute atomic E-state index is 13.5. The topological polar surface area (TPSA) is 162 Å². The molecule has 0 radical (unpaired) electrons. The van der Waals surface area contributed by atoms with Crippen LogP contribution in [0, 0.1) is 27.2 Å². The molecule has 38 heavy (non-hydrogen) atoms. The fraction of sp³-hybridized carbons (Fsp3) is 0.227. The summed E-state index contributed by atoms with van der Waals surface area (Å²) in [5, 5.41) is 31.1. The quantitative estimate of drug-likeness (QED) is 0.304. The predicted molar refractivity (Wildman–Crippen MR) is 129 cm³/mol. The summed E-state index contributed by atoms with van der Waals surface area (Å²) in [7, 11) is 0. The van der Waals surface area contributed by atoms with Crippen molar-refractivity contribution in [1.82, 2.24) is 15.1 Å². The number of anilines is 1. The summed E-state index contributed by atoms with van der Waals surface area (Å²) >= 11 is 6.05. The lowest BCUT2D eigenvalue weighted by Crippen LogP contribution is -2.31. The highest BCUT2D eigenvalue weighted by Crippen LogP contribution is 2.34. The van der Waals surface area contributed by atoms with Crippen LogP contribution in [0.1, 0.15) is 46.0 Å². The maximum atomic E-state index is 13.5. The molecule has 16 heteroatoms. The van der Waals surface area contributed by atoms with Gasteiger partial charge in [-0.05, 0) is 44.5 Å². The lowest BCUT2D eigenvalue weighted by atomic mass is 10.1. The Hall–Kier alpha value is -4.53. The molecule has 0 fully saturated rings. The van der Waals surface area contributed by atoms with Crippen LogP contribution >= 0.6 is 11.6 Å². The number of rotatable bonds is 7. The Morgan fingerprint density at radius 2 is 1.71 bits per heavy atom. The van der Waals surface area contributed by atoms with Crippen molar-refractivity contribution in [3.05, 3.63) is 84.2 Å². The molecule has 1 heterocycles. The molecule has 0 aliphatic rings. The van der Waals surface area contributed by atoms with Crippen molar-refractivity contribution < 1.29 is 32.6 Å². The number of hydrogen-bond acceptors (Lipinski definition) is 7. The van der Waals surface area contributed by atoms with Crippen LogP contribution < -0.4 is 10.6 Å². The van der Waals surface area contributed by atoms with Crippen molar-refractivity contribution in [2.75, 3.05) is 5.32 Å². The van der Waals surface area contributed by atoms with Gasteiger partial charge in [0.15, 0.2) is 5.69 Å². The van der Waals surface area contributed by atoms with Gasteiger partial charge in [-0.2, -0.15) is 18.3 Å². The fourth-order valence-corrected chi connectivity index (χ4v) is 3.69. The van der Waals surface area contributed by atoms with Gasteiger partial charge in [0.25, 0.3) is 17.5 Å². The summed E-state index contributed by atoms with van der Waals surface area (Å²) in [6.45, 7) is 4.86. The summed E-state index contributed by atoms with van der Waals surface area (Å²) in [4.78, 5) is 46.6. The molecule has 1 aromatic heterocycles. The van der Waals surface area contributed by atoms with Gasteiger partial charge in [-0.3, -0.25) is 29.8 Å². The molecule has 12 nitrogen and oxygen atoms in total. The van der Waals surface area contributed by atoms with Crippen molar-refractivity contribution in [2.45, 2.75) is 33.0 Å². The second-order valence-electron chi connectivity index (χ2n) is 8.24. The smallest absolute Gasteiger partial charge is 0.350 e. The first kappa shape index (κ1) is 28.0. The van der Waals surface area contributed by atoms with Gasteiger partial charge in [0.05, 0.1) is 27.2 Å². The van der Waals surface area contributed by atoms with E-state index in [1.54, 1.807) is 13.8 Å². The van der Waals surface area contributed by atoms with E-state index < -0.39 is 56.3 Å². The number of halogens is 4. The molecule has 0 aliphatic carbocycles. The van der Waals surface area contributed by atoms with E-state index in [2.05, 4.69) is 15.7 Å². The van der Waals surface area contributed by atoms with Gasteiger partial charge < -0.3 is 10.6 Å². The molecule has 3 rings (SSSR count). The van der Waals surface area contributed by atoms with E-state index in [-0.39, 0.29) is 22.3 Å². The number of aryl methyl sites for hydroxylation is 1. The summed E-state index contributed by atoms with van der Waals surface area (Å²) in [6, 6.07) is 4.86. The second kappa shape index (κ2) is 10.5. The summed E-state index contributed by atoms with van der Waals surface area (Å²) < 4.78 is 40.9. The highest BCUT2D eigenvalue weighted by atomic mass is 35.5. The highest BCUT2D eigenvalue weighted by Gasteiger charge is 2.37. The van der Waals surface area contributed by atoms with Gasteiger partial charge in [0, 0.05) is 23.2 Å². The molecular formula is C22H18ClF3N6O6. The Morgan fingerprint density at radius 1 is 1.05 bits per heavy atom. The number of benzene rings is 2. The van der Waals surface area contributed by atoms with Crippen LogP contribution in [-0.2, 0) is 6.18 Å². The lowest BCUT2D eigenvalue weighted by molar-refractivity contribution is -0.394. The Labute approximate surface area is 216 Å². The predicted octanol–water partition coefficient (Wildman–Crippen LogP) is 5.06. The molecule has 2 N–H and O–H groups in total. The number of nitrogens with one attached hydrogen (secondary N) is 2. The third kappa shape index (κ3) is 5.88. The summed E-state index contributed by atoms with van der Waals surface area (Å²) in [5.74, 6) is -1.83. The monoisotopic (exact) mass is 554 g/mol. The van der Waals surface area contributed by atoms with E-state index >= 15 is 0 Å². The number of nitro benzene ring substituents is 2. The zero-order valence-electron chi connectivity index (χ0n) is 19.8. The van der Waals surface area contributed by atoms with Crippen molar-refractivity contribution in [2.24, 2.45) is 0 Å². The second-order valence-corrected chi connectivity index (χ2v) is 8.68. The van der Waals surface area contributed by atoms with Gasteiger partial charge >= 0.3 is 11.9 Å². The van der Waals surface area contributed by atoms with Gasteiger partial charge in [0.2, 0.25) is 0 Å². The van der Waals surface area contributed by atoms with Gasteiger partial charge in [-0.1, -0.05) is 11.6 Å². The van der Waals surface area contributed by atoms with E-state index in [0.717, 1.165) is 12.1 Å². The molecule has 0 saturated heterocycles. The number of alkyl halides is 3. The molecule has 200 valence electrons. The number of carbonyl (C=O) groups is 2. The number of nitro groups is 2. The maximum Gasteiger partial charge on any atom is 0.435 e. The molecule has 3 aromatic rings. The lowest BCUT2D eigenvalue weighted by Gasteiger charge is -2.16. The minimum Gasteiger partial charge on any atom is -0.350 e. The van der Waals surface area contributed by atoms with Gasteiger partial charge in [0.1, 0.15) is 11.4 Å². The Balaban J connectivity index is 2.19. The normalized spacial score (nSPS) is 11.4. The molecule has 0 atom stereocenters. The van der Waals surface area contributed by atoms with E-state index in [1.807, 2.05) is 0 Å². The molecule has 0 bridgehead atoms. The molecule has 0 unspecified atom stereocenters. The van der Waals surface area contributed by atoms with Crippen LogP contribution in [0.25, 0.3) is 5.69 Å². The molecule has 0 saturated carbocycles. The molecular weight excluding hydrogens is 537 g/mol. The molecule has 0 aliphatic heterocycles. The highest BCUT2D eigenvalue weighted by molar-refractivity contribution is 6.31. The van der Waals surface area contributed by atoms with Gasteiger partial charge in [-0.25, -0.2) is 4.68 Å². The fourth-order valence-electron chi connectivity index (χ4n) is 3.42. The van der Waals surface area contributed by atoms with Crippen molar-refractivity contribution in [3.8, 4) is 5.69 Å². The zero-order chi connectivity index (χ0) is 28.5. The van der Waals surface area contributed by atoms with Crippen molar-refractivity contribution >= 4 is 40.5 Å². The average molecular weight is 555 g/mol. The van der Waals surface area contributed by atoms with Crippen LogP contribution in [-0.4, -0.2) is 37.5 Å². The van der Waals surface area contributed by atoms with Crippen molar-refractivity contribution in [1.29, 1.82) is 0 Å². The molecule has 2 amide bonds. The minimum atomic E-state index is -5.05. The van der Waals surface area contributed by atoms with Crippen LogP contribution in [0.15, 0.2) is 36.4 Å². The van der Waals surface area contributed by atoms with Crippen LogP contribution in [0.2, 0.25) is 5.02 Å². The first-order valence-corrected chi connectivity index (χ1v) is 11.0. The van der Waals surface area contributed by atoms with E-state index in [4.69, 9.17) is 11.6 Å². The number of aromatic nitrogens is 2. The third-order valence-electron chi connectivity index (χ3n) is 5.03. The Bertz CT molecular complexity index is 1470.